The Kier molecular flexibility index (Phi) is 64.2. The zero-order chi connectivity index (χ0) is 64.9. The van der Waals surface area contributed by atoms with Crippen molar-refractivity contribution in [1.29, 1.82) is 0 Å². The SMILES string of the molecule is CC/C=C\C/C=C\C/C=C\C/C=C\C/C=C\C/C=C\CCCCCCCCCCC(=O)NC(COP(=O)([O-])OCC[N+](C)(C)C)C(/C=C\CCCCCCCCCCCCC)OC(=O)CCCCCCCCC/C=C\C/C=C\C/C=C\C/C=C\CCCCC. The highest BCUT2D eigenvalue weighted by atomic mass is 31.2. The Bertz CT molecular complexity index is 1990. The molecule has 0 radical (unpaired) electrons. The van der Waals surface area contributed by atoms with Gasteiger partial charge in [-0.3, -0.25) is 14.2 Å². The molecule has 0 aromatic rings. The molecule has 0 bridgehead atoms. The first-order valence-corrected chi connectivity index (χ1v) is 38.0. The average Bonchev–Trinajstić information content (AvgIpc) is 3.65. The summed E-state index contributed by atoms with van der Waals surface area (Å²) >= 11 is 0. The quantitative estimate of drug-likeness (QED) is 0.0212. The Labute approximate surface area is 549 Å². The van der Waals surface area contributed by atoms with Gasteiger partial charge in [0.1, 0.15) is 19.3 Å². The minimum Gasteiger partial charge on any atom is -0.756 e. The number of phosphoric acid groups is 1. The lowest BCUT2D eigenvalue weighted by molar-refractivity contribution is -0.870. The van der Waals surface area contributed by atoms with Crippen molar-refractivity contribution in [3.8, 4) is 0 Å². The molecule has 9 nitrogen and oxygen atoms in total. The molecule has 0 saturated carbocycles. The van der Waals surface area contributed by atoms with E-state index in [1.807, 2.05) is 33.3 Å². The number of carbonyl (C=O) groups excluding carboxylic acids is 2. The number of rotatable bonds is 65. The minimum atomic E-state index is -4.72. The first kappa shape index (κ1) is 85.2. The maximum Gasteiger partial charge on any atom is 0.306 e. The number of allylic oxidation sites excluding steroid dienone is 21. The molecule has 0 rings (SSSR count). The van der Waals surface area contributed by atoms with Gasteiger partial charge in [-0.1, -0.05) is 296 Å². The third-order valence-electron chi connectivity index (χ3n) is 15.6. The summed E-state index contributed by atoms with van der Waals surface area (Å²) in [5.74, 6) is -0.565. The molecule has 0 aromatic carbocycles. The second kappa shape index (κ2) is 67.1. The summed E-state index contributed by atoms with van der Waals surface area (Å²) < 4.78 is 30.5. The first-order chi connectivity index (χ1) is 43.4. The number of nitrogens with one attached hydrogen (secondary N) is 1. The van der Waals surface area contributed by atoms with Crippen molar-refractivity contribution in [3.63, 3.8) is 0 Å². The minimum absolute atomic E-state index is 0.0327. The van der Waals surface area contributed by atoms with Crippen LogP contribution in [0.3, 0.4) is 0 Å². The van der Waals surface area contributed by atoms with Gasteiger partial charge in [0, 0.05) is 12.8 Å². The Morgan fingerprint density at radius 1 is 0.404 bits per heavy atom. The summed E-state index contributed by atoms with van der Waals surface area (Å²) in [5, 5.41) is 3.04. The van der Waals surface area contributed by atoms with Crippen LogP contribution in [0.1, 0.15) is 303 Å². The van der Waals surface area contributed by atoms with E-state index in [1.54, 1.807) is 0 Å². The summed E-state index contributed by atoms with van der Waals surface area (Å²) in [6.45, 7) is 6.70. The topological polar surface area (TPSA) is 114 Å². The van der Waals surface area contributed by atoms with Crippen molar-refractivity contribution in [2.45, 2.75) is 315 Å². The molecule has 0 aromatic heterocycles. The number of nitrogens with zero attached hydrogens (tertiary/aromatic N) is 1. The molecule has 0 aliphatic carbocycles. The van der Waals surface area contributed by atoms with Crippen LogP contribution in [-0.4, -0.2) is 69.4 Å². The van der Waals surface area contributed by atoms with Gasteiger partial charge in [-0.05, 0) is 128 Å². The Balaban J connectivity index is 5.15. The number of ether oxygens (including phenoxy) is 1. The van der Waals surface area contributed by atoms with Crippen molar-refractivity contribution in [2.75, 3.05) is 40.9 Å². The van der Waals surface area contributed by atoms with Gasteiger partial charge in [0.2, 0.25) is 5.91 Å². The summed E-state index contributed by atoms with van der Waals surface area (Å²) in [6.07, 6.45) is 95.6. The van der Waals surface area contributed by atoms with Gasteiger partial charge in [0.15, 0.2) is 0 Å². The van der Waals surface area contributed by atoms with Crippen molar-refractivity contribution in [1.82, 2.24) is 5.32 Å². The zero-order valence-corrected chi connectivity index (χ0v) is 59.2. The van der Waals surface area contributed by atoms with Gasteiger partial charge in [0.25, 0.3) is 7.82 Å². The zero-order valence-electron chi connectivity index (χ0n) is 58.3. The van der Waals surface area contributed by atoms with E-state index < -0.39 is 26.6 Å². The third-order valence-corrected chi connectivity index (χ3v) is 16.5. The number of amides is 1. The molecule has 3 unspecified atom stereocenters. The van der Waals surface area contributed by atoms with Crippen molar-refractivity contribution in [3.05, 3.63) is 134 Å². The van der Waals surface area contributed by atoms with Crippen LogP contribution in [-0.2, 0) is 27.9 Å². The van der Waals surface area contributed by atoms with Gasteiger partial charge >= 0.3 is 5.97 Å². The molecule has 89 heavy (non-hydrogen) atoms. The summed E-state index contributed by atoms with van der Waals surface area (Å²) in [6, 6.07) is -0.909. The molecule has 0 aliphatic rings. The number of likely N-dealkylation sites (N-methyl/N-ethyl adjacent to an activating group) is 1. The monoisotopic (exact) mass is 1260 g/mol. The molecule has 0 heterocycles. The fourth-order valence-electron chi connectivity index (χ4n) is 9.98. The highest BCUT2D eigenvalue weighted by Gasteiger charge is 2.27. The van der Waals surface area contributed by atoms with Crippen LogP contribution in [0.2, 0.25) is 0 Å². The molecule has 1 N–H and O–H groups in total. The van der Waals surface area contributed by atoms with E-state index in [4.69, 9.17) is 13.8 Å². The molecule has 0 saturated heterocycles. The highest BCUT2D eigenvalue weighted by molar-refractivity contribution is 7.45. The van der Waals surface area contributed by atoms with Crippen molar-refractivity contribution in [2.24, 2.45) is 0 Å². The number of phosphoric ester groups is 1. The normalized spacial score (nSPS) is 14.3. The predicted octanol–water partition coefficient (Wildman–Crippen LogP) is 22.9. The molecule has 510 valence electrons. The van der Waals surface area contributed by atoms with Crippen LogP contribution in [0.15, 0.2) is 134 Å². The molecule has 3 atom stereocenters. The molecule has 0 aliphatic heterocycles. The maximum absolute atomic E-state index is 13.6. The lowest BCUT2D eigenvalue weighted by Gasteiger charge is -2.30. The molecular weight excluding hydrogens is 1120 g/mol. The van der Waals surface area contributed by atoms with Gasteiger partial charge in [0.05, 0.1) is 33.8 Å². The lowest BCUT2D eigenvalue weighted by Crippen LogP contribution is -2.47. The Morgan fingerprint density at radius 2 is 0.719 bits per heavy atom. The molecule has 0 fully saturated rings. The number of carbonyl (C=O) groups is 2. The van der Waals surface area contributed by atoms with Crippen LogP contribution in [0.25, 0.3) is 0 Å². The average molecular weight is 1260 g/mol. The highest BCUT2D eigenvalue weighted by Crippen LogP contribution is 2.38. The van der Waals surface area contributed by atoms with Gasteiger partial charge < -0.3 is 28.5 Å². The Morgan fingerprint density at radius 3 is 1.10 bits per heavy atom. The fraction of sp³-hybridized carbons (Fsp3) is 0.696. The van der Waals surface area contributed by atoms with E-state index in [2.05, 4.69) is 148 Å². The number of unbranched alkanes of at least 4 members (excludes halogenated alkanes) is 29. The third kappa shape index (κ3) is 68.4. The van der Waals surface area contributed by atoms with Crippen LogP contribution in [0.5, 0.6) is 0 Å². The van der Waals surface area contributed by atoms with Crippen molar-refractivity contribution < 1.29 is 37.3 Å². The van der Waals surface area contributed by atoms with Crippen molar-refractivity contribution >= 4 is 19.7 Å². The number of esters is 1. The van der Waals surface area contributed by atoms with Gasteiger partial charge in [-0.15, -0.1) is 0 Å². The number of quaternary nitrogens is 1. The second-order valence-corrected chi connectivity index (χ2v) is 26.8. The van der Waals surface area contributed by atoms with Gasteiger partial charge in [-0.2, -0.15) is 0 Å². The largest absolute Gasteiger partial charge is 0.756 e. The second-order valence-electron chi connectivity index (χ2n) is 25.4. The fourth-order valence-corrected chi connectivity index (χ4v) is 10.7. The molecule has 1 amide bonds. The van der Waals surface area contributed by atoms with E-state index >= 15 is 0 Å². The van der Waals surface area contributed by atoms with E-state index in [0.717, 1.165) is 135 Å². The number of hydrogen-bond donors (Lipinski definition) is 1. The summed E-state index contributed by atoms with van der Waals surface area (Å²) in [4.78, 5) is 40.3. The predicted molar refractivity (Wildman–Crippen MR) is 385 cm³/mol. The van der Waals surface area contributed by atoms with Gasteiger partial charge in [-0.25, -0.2) is 0 Å². The van der Waals surface area contributed by atoms with Crippen LogP contribution in [0, 0.1) is 0 Å². The standard InChI is InChI=1S/C79H137N2O7P/c1-7-10-13-16-19-22-25-28-30-32-34-36-38-39-40-41-43-44-46-48-50-53-56-59-62-65-68-71-78(82)80-76(75-87-89(84,85)86-74-73-81(4,5)6)77(70-67-64-61-58-55-52-27-24-21-18-15-12-9-3)88-79(83)72-69-66-63-60-57-54-51-49-47-45-42-37-35-33-31-29-26-23-20-17-14-11-8-2/h10,13,19-20,22-23,28-31,34-37,39-40,43-45,47,67,70,76-77H,7-9,11-12,14-18,21,24-27,32-33,38,41-42,46,48-66,68-69,71-75H2,1-6H3,(H-,80,82,84,85)/b13-10-,22-19-,23-20-,30-28-,31-29-,36-34-,37-35-,40-39-,44-43-,47-45-,70-67-. The Hall–Kier alpha value is -3.85. The van der Waals surface area contributed by atoms with E-state index in [-0.39, 0.29) is 24.9 Å². The number of hydrogen-bond acceptors (Lipinski definition) is 7. The maximum atomic E-state index is 13.6. The lowest BCUT2D eigenvalue weighted by atomic mass is 10.0. The summed E-state index contributed by atoms with van der Waals surface area (Å²) in [5.41, 5.74) is 0. The van der Waals surface area contributed by atoms with E-state index in [9.17, 15) is 19.0 Å². The van der Waals surface area contributed by atoms with Crippen LogP contribution < -0.4 is 10.2 Å². The van der Waals surface area contributed by atoms with Crippen LogP contribution in [0.4, 0.5) is 0 Å². The molecular formula is C79H137N2O7P. The van der Waals surface area contributed by atoms with E-state index in [1.165, 1.54) is 128 Å². The first-order valence-electron chi connectivity index (χ1n) is 36.5. The smallest absolute Gasteiger partial charge is 0.306 e. The summed E-state index contributed by atoms with van der Waals surface area (Å²) in [7, 11) is 1.16. The van der Waals surface area contributed by atoms with Crippen LogP contribution >= 0.6 is 7.82 Å². The molecule has 10 heteroatoms. The van der Waals surface area contributed by atoms with E-state index in [0.29, 0.717) is 23.9 Å². The molecule has 0 spiro atoms.